The maximum atomic E-state index is 12.6. The Kier molecular flexibility index (Phi) is 8.74. The molecule has 8 heteroatoms. The van der Waals surface area contributed by atoms with Gasteiger partial charge in [0.2, 0.25) is 5.91 Å². The number of nitrogens with zero attached hydrogens (tertiary/aromatic N) is 1. The van der Waals surface area contributed by atoms with Crippen LogP contribution in [0.5, 0.6) is 0 Å². The number of rotatable bonds is 8. The fourth-order valence-electron chi connectivity index (χ4n) is 2.31. The number of carbonyl (C=O) groups excluding carboxylic acids is 3. The fraction of sp³-hybridized carbons (Fsp3) is 0.526. The van der Waals surface area contributed by atoms with Crippen molar-refractivity contribution in [3.8, 4) is 0 Å². The minimum atomic E-state index is -1.17. The molecule has 150 valence electrons. The van der Waals surface area contributed by atoms with E-state index in [-0.39, 0.29) is 13.0 Å². The minimum absolute atomic E-state index is 0.0484. The van der Waals surface area contributed by atoms with Crippen molar-refractivity contribution in [2.24, 2.45) is 11.5 Å². The van der Waals surface area contributed by atoms with E-state index in [1.807, 2.05) is 6.07 Å². The summed E-state index contributed by atoms with van der Waals surface area (Å²) in [7, 11) is 0. The number of ether oxygens (including phenoxy) is 2. The molecular weight excluding hydrogens is 350 g/mol. The van der Waals surface area contributed by atoms with E-state index < -0.39 is 29.7 Å². The van der Waals surface area contributed by atoms with Crippen molar-refractivity contribution in [1.82, 2.24) is 4.90 Å². The van der Waals surface area contributed by atoms with E-state index in [2.05, 4.69) is 0 Å². The molecule has 4 N–H and O–H groups in total. The van der Waals surface area contributed by atoms with Crippen LogP contribution in [0.15, 0.2) is 30.3 Å². The Morgan fingerprint density at radius 2 is 1.70 bits per heavy atom. The summed E-state index contributed by atoms with van der Waals surface area (Å²) in [5, 5.41) is 0. The number of hydrogen-bond donors (Lipinski definition) is 2. The Hall–Kier alpha value is -2.61. The predicted octanol–water partition coefficient (Wildman–Crippen LogP) is 2.54. The van der Waals surface area contributed by atoms with Gasteiger partial charge in [0.15, 0.2) is 0 Å². The second kappa shape index (κ2) is 10.5. The van der Waals surface area contributed by atoms with Crippen LogP contribution >= 0.6 is 0 Å². The Morgan fingerprint density at radius 1 is 1.07 bits per heavy atom. The van der Waals surface area contributed by atoms with Gasteiger partial charge in [0, 0.05) is 0 Å². The number of carbonyl (C=O) groups is 3. The molecule has 8 nitrogen and oxygen atoms in total. The van der Waals surface area contributed by atoms with Crippen molar-refractivity contribution in [3.63, 3.8) is 0 Å². The monoisotopic (exact) mass is 379 g/mol. The molecular formula is C19H29N3O5. The molecule has 1 rings (SSSR count). The summed E-state index contributed by atoms with van der Waals surface area (Å²) < 4.78 is 10.5. The van der Waals surface area contributed by atoms with E-state index in [4.69, 9.17) is 20.9 Å². The largest absolute Gasteiger partial charge is 0.444 e. The molecule has 0 aromatic heterocycles. The zero-order chi connectivity index (χ0) is 20.4. The van der Waals surface area contributed by atoms with Crippen LogP contribution in [-0.2, 0) is 20.9 Å². The maximum absolute atomic E-state index is 12.6. The van der Waals surface area contributed by atoms with Crippen LogP contribution < -0.4 is 11.5 Å². The van der Waals surface area contributed by atoms with Gasteiger partial charge in [0.05, 0.1) is 0 Å². The second-order valence-electron chi connectivity index (χ2n) is 7.09. The zero-order valence-corrected chi connectivity index (χ0v) is 16.1. The normalized spacial score (nSPS) is 12.1. The van der Waals surface area contributed by atoms with E-state index >= 15 is 0 Å². The van der Waals surface area contributed by atoms with Crippen LogP contribution in [0.2, 0.25) is 0 Å². The van der Waals surface area contributed by atoms with Gasteiger partial charge in [-0.25, -0.2) is 9.59 Å². The third kappa shape index (κ3) is 8.08. The summed E-state index contributed by atoms with van der Waals surface area (Å²) in [6.45, 7) is 5.36. The highest BCUT2D eigenvalue weighted by Gasteiger charge is 2.37. The van der Waals surface area contributed by atoms with Crippen LogP contribution in [0.3, 0.4) is 0 Å². The molecule has 0 unspecified atom stereocenters. The summed E-state index contributed by atoms with van der Waals surface area (Å²) in [4.78, 5) is 37.7. The summed E-state index contributed by atoms with van der Waals surface area (Å²) >= 11 is 0. The number of amides is 3. The van der Waals surface area contributed by atoms with Crippen molar-refractivity contribution >= 4 is 18.1 Å². The number of benzene rings is 1. The quantitative estimate of drug-likeness (QED) is 0.669. The van der Waals surface area contributed by atoms with Crippen LogP contribution in [0, 0.1) is 0 Å². The van der Waals surface area contributed by atoms with Crippen molar-refractivity contribution < 1.29 is 23.9 Å². The maximum Gasteiger partial charge on any atom is 0.420 e. The molecule has 1 aromatic carbocycles. The lowest BCUT2D eigenvalue weighted by Crippen LogP contribution is -2.52. The van der Waals surface area contributed by atoms with Crippen LogP contribution in [0.4, 0.5) is 9.59 Å². The number of hydrogen-bond acceptors (Lipinski definition) is 6. The first kappa shape index (κ1) is 22.4. The van der Waals surface area contributed by atoms with Gasteiger partial charge in [-0.15, -0.1) is 0 Å². The molecule has 0 bridgehead atoms. The van der Waals surface area contributed by atoms with Crippen LogP contribution in [0.1, 0.15) is 45.6 Å². The predicted molar refractivity (Wildman–Crippen MR) is 101 cm³/mol. The fourth-order valence-corrected chi connectivity index (χ4v) is 2.31. The zero-order valence-electron chi connectivity index (χ0n) is 16.1. The standard InChI is InChI=1S/C19H29N3O5/c1-19(2,3)27-18(25)22(15(16(21)23)11-7-8-12-20)17(24)26-13-14-9-5-4-6-10-14/h4-6,9-10,15H,7-8,11-13,20H2,1-3H3,(H2,21,23)/t15-/m0/s1. The van der Waals surface area contributed by atoms with E-state index in [9.17, 15) is 14.4 Å². The number of primary amides is 1. The average molecular weight is 379 g/mol. The molecule has 0 heterocycles. The Bertz CT molecular complexity index is 628. The Balaban J connectivity index is 2.97. The number of nitrogens with two attached hydrogens (primary N) is 2. The Labute approximate surface area is 159 Å². The van der Waals surface area contributed by atoms with Crippen molar-refractivity contribution in [2.75, 3.05) is 6.54 Å². The molecule has 27 heavy (non-hydrogen) atoms. The van der Waals surface area contributed by atoms with E-state index in [1.165, 1.54) is 0 Å². The minimum Gasteiger partial charge on any atom is -0.444 e. The lowest BCUT2D eigenvalue weighted by atomic mass is 10.1. The van der Waals surface area contributed by atoms with Gasteiger partial charge < -0.3 is 20.9 Å². The van der Waals surface area contributed by atoms with Crippen LogP contribution in [0.25, 0.3) is 0 Å². The Morgan fingerprint density at radius 3 is 2.22 bits per heavy atom. The smallest absolute Gasteiger partial charge is 0.420 e. The van der Waals surface area contributed by atoms with Gasteiger partial charge in [0.1, 0.15) is 18.2 Å². The number of imide groups is 1. The van der Waals surface area contributed by atoms with Crippen LogP contribution in [-0.4, -0.2) is 41.2 Å². The van der Waals surface area contributed by atoms with E-state index in [1.54, 1.807) is 45.0 Å². The first-order valence-corrected chi connectivity index (χ1v) is 8.88. The molecule has 0 spiro atoms. The third-order valence-electron chi connectivity index (χ3n) is 3.56. The van der Waals surface area contributed by atoms with Gasteiger partial charge in [0.25, 0.3) is 0 Å². The van der Waals surface area contributed by atoms with E-state index in [0.29, 0.717) is 24.3 Å². The molecule has 0 aliphatic rings. The van der Waals surface area contributed by atoms with E-state index in [0.717, 1.165) is 5.56 Å². The van der Waals surface area contributed by atoms with Gasteiger partial charge in [-0.2, -0.15) is 4.90 Å². The second-order valence-corrected chi connectivity index (χ2v) is 7.09. The summed E-state index contributed by atoms with van der Waals surface area (Å²) in [6, 6.07) is 7.81. The molecule has 0 aliphatic heterocycles. The third-order valence-corrected chi connectivity index (χ3v) is 3.56. The van der Waals surface area contributed by atoms with Crippen molar-refractivity contribution in [3.05, 3.63) is 35.9 Å². The van der Waals surface area contributed by atoms with Gasteiger partial charge in [-0.1, -0.05) is 30.3 Å². The first-order valence-electron chi connectivity index (χ1n) is 8.88. The molecule has 0 saturated heterocycles. The van der Waals surface area contributed by atoms with Crippen molar-refractivity contribution in [1.29, 1.82) is 0 Å². The summed E-state index contributed by atoms with van der Waals surface area (Å²) in [6.07, 6.45) is -0.617. The first-order chi connectivity index (χ1) is 12.7. The molecule has 1 atom stereocenters. The molecule has 1 aromatic rings. The van der Waals surface area contributed by atoms with Gasteiger partial charge in [-0.05, 0) is 52.1 Å². The van der Waals surface area contributed by atoms with Crippen molar-refractivity contribution in [2.45, 2.75) is 58.3 Å². The lowest BCUT2D eigenvalue weighted by molar-refractivity contribution is -0.123. The molecule has 3 amide bonds. The number of unbranched alkanes of at least 4 members (excludes halogenated alkanes) is 1. The van der Waals surface area contributed by atoms with Gasteiger partial charge >= 0.3 is 12.2 Å². The van der Waals surface area contributed by atoms with Gasteiger partial charge in [-0.3, -0.25) is 4.79 Å². The molecule has 0 radical (unpaired) electrons. The molecule has 0 saturated carbocycles. The lowest BCUT2D eigenvalue weighted by Gasteiger charge is -2.30. The highest BCUT2D eigenvalue weighted by molar-refractivity contribution is 5.95. The molecule has 0 aliphatic carbocycles. The highest BCUT2D eigenvalue weighted by Crippen LogP contribution is 2.17. The highest BCUT2D eigenvalue weighted by atomic mass is 16.6. The summed E-state index contributed by atoms with van der Waals surface area (Å²) in [5.41, 5.74) is 10.8. The summed E-state index contributed by atoms with van der Waals surface area (Å²) in [5.74, 6) is -0.811. The SMILES string of the molecule is CC(C)(C)OC(=O)N(C(=O)OCc1ccccc1)[C@@H](CCCCN)C(N)=O. The average Bonchev–Trinajstić information content (AvgIpc) is 2.58. The molecule has 0 fully saturated rings. The topological polar surface area (TPSA) is 125 Å².